The maximum Gasteiger partial charge on any atom is 0.136 e. The fraction of sp³-hybridized carbons (Fsp3) is 0.158. The van der Waals surface area contributed by atoms with Crippen LogP contribution in [0.15, 0.2) is 54.6 Å². The van der Waals surface area contributed by atoms with Crippen LogP contribution < -0.4 is 10.6 Å². The molecule has 0 aliphatic rings. The van der Waals surface area contributed by atoms with Gasteiger partial charge < -0.3 is 10.6 Å². The molecule has 116 valence electrons. The fourth-order valence-electron chi connectivity index (χ4n) is 2.56. The Kier molecular flexibility index (Phi) is 4.24. The van der Waals surface area contributed by atoms with Crippen molar-refractivity contribution >= 4 is 23.0 Å². The Hall–Kier alpha value is -2.88. The van der Waals surface area contributed by atoms with Crippen LogP contribution >= 0.6 is 0 Å². The van der Waals surface area contributed by atoms with Crippen molar-refractivity contribution in [2.24, 2.45) is 0 Å². The van der Waals surface area contributed by atoms with Crippen molar-refractivity contribution in [2.45, 2.75) is 20.8 Å². The van der Waals surface area contributed by atoms with E-state index in [1.165, 1.54) is 11.1 Å². The van der Waals surface area contributed by atoms with Gasteiger partial charge in [0.1, 0.15) is 17.5 Å². The lowest BCUT2D eigenvalue weighted by Crippen LogP contribution is -2.01. The predicted molar refractivity (Wildman–Crippen MR) is 95.7 cm³/mol. The topological polar surface area (TPSA) is 49.8 Å². The van der Waals surface area contributed by atoms with Crippen LogP contribution in [0.5, 0.6) is 0 Å². The Morgan fingerprint density at radius 2 is 1.22 bits per heavy atom. The summed E-state index contributed by atoms with van der Waals surface area (Å²) in [6, 6.07) is 18.3. The third-order valence-electron chi connectivity index (χ3n) is 3.38. The maximum absolute atomic E-state index is 4.47. The van der Waals surface area contributed by atoms with Crippen molar-refractivity contribution in [1.29, 1.82) is 0 Å². The first kappa shape index (κ1) is 15.0. The second kappa shape index (κ2) is 6.48. The molecule has 1 aromatic heterocycles. The van der Waals surface area contributed by atoms with Gasteiger partial charge in [-0.3, -0.25) is 0 Å². The third-order valence-corrected chi connectivity index (χ3v) is 3.38. The van der Waals surface area contributed by atoms with E-state index < -0.39 is 0 Å². The lowest BCUT2D eigenvalue weighted by atomic mass is 10.1. The average molecular weight is 304 g/mol. The van der Waals surface area contributed by atoms with E-state index in [9.17, 15) is 0 Å². The maximum atomic E-state index is 4.47. The van der Waals surface area contributed by atoms with Crippen molar-refractivity contribution in [2.75, 3.05) is 10.6 Å². The minimum atomic E-state index is 0.720. The number of hydrogen-bond donors (Lipinski definition) is 2. The smallest absolute Gasteiger partial charge is 0.136 e. The minimum absolute atomic E-state index is 0.720. The van der Waals surface area contributed by atoms with E-state index in [1.54, 1.807) is 0 Å². The van der Waals surface area contributed by atoms with Gasteiger partial charge in [-0.05, 0) is 56.2 Å². The highest BCUT2D eigenvalue weighted by Crippen LogP contribution is 2.21. The van der Waals surface area contributed by atoms with E-state index in [-0.39, 0.29) is 0 Å². The Labute approximate surface area is 136 Å². The summed E-state index contributed by atoms with van der Waals surface area (Å²) in [6.07, 6.45) is 0. The molecule has 0 fully saturated rings. The number of benzene rings is 2. The first-order valence-electron chi connectivity index (χ1n) is 7.61. The van der Waals surface area contributed by atoms with Crippen molar-refractivity contribution in [3.8, 4) is 0 Å². The highest BCUT2D eigenvalue weighted by molar-refractivity contribution is 5.64. The molecule has 0 bridgehead atoms. The first-order chi connectivity index (χ1) is 11.1. The number of anilines is 4. The minimum Gasteiger partial charge on any atom is -0.340 e. The van der Waals surface area contributed by atoms with Gasteiger partial charge in [-0.1, -0.05) is 24.3 Å². The van der Waals surface area contributed by atoms with Gasteiger partial charge in [-0.15, -0.1) is 0 Å². The molecule has 0 amide bonds. The summed E-state index contributed by atoms with van der Waals surface area (Å²) in [7, 11) is 0. The molecule has 23 heavy (non-hydrogen) atoms. The number of para-hydroxylation sites is 1. The van der Waals surface area contributed by atoms with Gasteiger partial charge in [0, 0.05) is 17.4 Å². The van der Waals surface area contributed by atoms with Gasteiger partial charge >= 0.3 is 0 Å². The summed E-state index contributed by atoms with van der Waals surface area (Å²) >= 11 is 0. The summed E-state index contributed by atoms with van der Waals surface area (Å²) in [4.78, 5) is 8.91. The largest absolute Gasteiger partial charge is 0.340 e. The molecule has 4 nitrogen and oxygen atoms in total. The van der Waals surface area contributed by atoms with Crippen molar-refractivity contribution < 1.29 is 0 Å². The Morgan fingerprint density at radius 3 is 1.83 bits per heavy atom. The molecule has 2 aromatic carbocycles. The lowest BCUT2D eigenvalue weighted by molar-refractivity contribution is 1.06. The van der Waals surface area contributed by atoms with Crippen LogP contribution in [0.4, 0.5) is 23.0 Å². The standard InChI is InChI=1S/C19H20N4/c1-13-9-14(2)11-17(10-13)23-19-12-18(20-15(3)21-19)22-16-7-5-4-6-8-16/h4-12H,1-3H3,(H2,20,21,22,23). The zero-order chi connectivity index (χ0) is 16.2. The highest BCUT2D eigenvalue weighted by atomic mass is 15.1. The zero-order valence-corrected chi connectivity index (χ0v) is 13.6. The van der Waals surface area contributed by atoms with Crippen molar-refractivity contribution in [3.63, 3.8) is 0 Å². The summed E-state index contributed by atoms with van der Waals surface area (Å²) < 4.78 is 0. The van der Waals surface area contributed by atoms with E-state index in [0.29, 0.717) is 0 Å². The Balaban J connectivity index is 1.85. The lowest BCUT2D eigenvalue weighted by Gasteiger charge is -2.11. The van der Waals surface area contributed by atoms with Crippen LogP contribution in [0, 0.1) is 20.8 Å². The molecule has 0 atom stereocenters. The number of aromatic nitrogens is 2. The van der Waals surface area contributed by atoms with E-state index in [0.717, 1.165) is 28.8 Å². The average Bonchev–Trinajstić information content (AvgIpc) is 2.46. The first-order valence-corrected chi connectivity index (χ1v) is 7.61. The Morgan fingerprint density at radius 1 is 0.652 bits per heavy atom. The second-order valence-corrected chi connectivity index (χ2v) is 5.68. The zero-order valence-electron chi connectivity index (χ0n) is 13.6. The molecule has 0 spiro atoms. The SMILES string of the molecule is Cc1cc(C)cc(Nc2cc(Nc3ccccc3)nc(C)n2)c1. The molecular weight excluding hydrogens is 284 g/mol. The number of aryl methyl sites for hydroxylation is 3. The van der Waals surface area contributed by atoms with Crippen molar-refractivity contribution in [3.05, 3.63) is 71.5 Å². The molecule has 0 unspecified atom stereocenters. The molecule has 0 radical (unpaired) electrons. The molecule has 3 rings (SSSR count). The summed E-state index contributed by atoms with van der Waals surface area (Å²) in [5.74, 6) is 2.27. The van der Waals surface area contributed by atoms with Gasteiger partial charge in [0.2, 0.25) is 0 Å². The number of nitrogens with zero attached hydrogens (tertiary/aromatic N) is 2. The third kappa shape index (κ3) is 4.07. The number of rotatable bonds is 4. The second-order valence-electron chi connectivity index (χ2n) is 5.68. The quantitative estimate of drug-likeness (QED) is 0.720. The number of hydrogen-bond acceptors (Lipinski definition) is 4. The molecule has 2 N–H and O–H groups in total. The molecule has 0 aliphatic heterocycles. The van der Waals surface area contributed by atoms with E-state index in [4.69, 9.17) is 0 Å². The van der Waals surface area contributed by atoms with Crippen molar-refractivity contribution in [1.82, 2.24) is 9.97 Å². The van der Waals surface area contributed by atoms with Crippen LogP contribution in [-0.2, 0) is 0 Å². The molecule has 1 heterocycles. The van der Waals surface area contributed by atoms with Gasteiger partial charge in [-0.25, -0.2) is 9.97 Å². The van der Waals surface area contributed by atoms with Gasteiger partial charge in [-0.2, -0.15) is 0 Å². The normalized spacial score (nSPS) is 10.4. The molecule has 4 heteroatoms. The van der Waals surface area contributed by atoms with Crippen LogP contribution in [0.1, 0.15) is 17.0 Å². The number of nitrogens with one attached hydrogen (secondary N) is 2. The Bertz CT molecular complexity index is 793. The van der Waals surface area contributed by atoms with Crippen LogP contribution in [-0.4, -0.2) is 9.97 Å². The summed E-state index contributed by atoms with van der Waals surface area (Å²) in [6.45, 7) is 6.07. The highest BCUT2D eigenvalue weighted by Gasteiger charge is 2.04. The monoisotopic (exact) mass is 304 g/mol. The van der Waals surface area contributed by atoms with Gasteiger partial charge in [0.15, 0.2) is 0 Å². The van der Waals surface area contributed by atoms with Crippen LogP contribution in [0.2, 0.25) is 0 Å². The molecule has 0 saturated carbocycles. The van der Waals surface area contributed by atoms with Gasteiger partial charge in [0.05, 0.1) is 0 Å². The summed E-state index contributed by atoms with van der Waals surface area (Å²) in [5, 5.41) is 6.66. The molecular formula is C19H20N4. The predicted octanol–water partition coefficient (Wildman–Crippen LogP) is 4.89. The van der Waals surface area contributed by atoms with Gasteiger partial charge in [0.25, 0.3) is 0 Å². The summed E-state index contributed by atoms with van der Waals surface area (Å²) in [5.41, 5.74) is 4.48. The van der Waals surface area contributed by atoms with E-state index >= 15 is 0 Å². The van der Waals surface area contributed by atoms with Crippen LogP contribution in [0.25, 0.3) is 0 Å². The van der Waals surface area contributed by atoms with Crippen LogP contribution in [0.3, 0.4) is 0 Å². The van der Waals surface area contributed by atoms with E-state index in [2.05, 4.69) is 52.6 Å². The van der Waals surface area contributed by atoms with E-state index in [1.807, 2.05) is 43.3 Å². The molecule has 3 aromatic rings. The molecule has 0 saturated heterocycles. The molecule has 0 aliphatic carbocycles. The fourth-order valence-corrected chi connectivity index (χ4v) is 2.56.